The number of aromatic nitrogens is 1. The van der Waals surface area contributed by atoms with Gasteiger partial charge in [-0.2, -0.15) is 0 Å². The second kappa shape index (κ2) is 7.40. The van der Waals surface area contributed by atoms with Crippen LogP contribution in [0.15, 0.2) is 114 Å². The van der Waals surface area contributed by atoms with E-state index in [0.717, 1.165) is 38.9 Å². The third kappa shape index (κ3) is 3.12. The van der Waals surface area contributed by atoms with E-state index in [9.17, 15) is 0 Å². The molecule has 3 nitrogen and oxygen atoms in total. The van der Waals surface area contributed by atoms with E-state index >= 15 is 0 Å². The molecule has 0 saturated heterocycles. The molecule has 1 aromatic heterocycles. The molecule has 0 fully saturated rings. The quantitative estimate of drug-likeness (QED) is 0.305. The van der Waals surface area contributed by atoms with Crippen LogP contribution in [0.5, 0.6) is 0 Å². The lowest BCUT2D eigenvalue weighted by molar-refractivity contribution is 0.620. The minimum absolute atomic E-state index is 0.621. The molecule has 3 heteroatoms. The molecule has 0 spiro atoms. The molecule has 0 aliphatic heterocycles. The van der Waals surface area contributed by atoms with E-state index in [2.05, 4.69) is 65.6 Å². The van der Waals surface area contributed by atoms with E-state index in [1.54, 1.807) is 0 Å². The van der Waals surface area contributed by atoms with E-state index < -0.39 is 0 Å². The van der Waals surface area contributed by atoms with Gasteiger partial charge in [0.1, 0.15) is 5.52 Å². The van der Waals surface area contributed by atoms with Gasteiger partial charge >= 0.3 is 0 Å². The molecule has 0 aliphatic carbocycles. The van der Waals surface area contributed by atoms with Crippen LogP contribution in [0.25, 0.3) is 55.6 Å². The van der Waals surface area contributed by atoms with Gasteiger partial charge in [-0.3, -0.25) is 0 Å². The summed E-state index contributed by atoms with van der Waals surface area (Å²) in [5.41, 5.74) is 14.3. The van der Waals surface area contributed by atoms with E-state index in [4.69, 9.17) is 10.2 Å². The maximum Gasteiger partial charge on any atom is 0.227 e. The first-order chi connectivity index (χ1) is 15.8. The molecule has 0 atom stereocenters. The predicted octanol–water partition coefficient (Wildman–Crippen LogP) is 7.56. The largest absolute Gasteiger partial charge is 0.436 e. The van der Waals surface area contributed by atoms with E-state index in [1.807, 2.05) is 48.5 Å². The van der Waals surface area contributed by atoms with Crippen molar-refractivity contribution in [3.05, 3.63) is 109 Å². The van der Waals surface area contributed by atoms with Crippen molar-refractivity contribution in [1.82, 2.24) is 4.98 Å². The number of benzene rings is 5. The number of hydrogen-bond acceptors (Lipinski definition) is 3. The average molecular weight is 412 g/mol. The molecule has 0 aliphatic rings. The van der Waals surface area contributed by atoms with Crippen molar-refractivity contribution in [1.29, 1.82) is 0 Å². The van der Waals surface area contributed by atoms with E-state index in [1.165, 1.54) is 16.5 Å². The van der Waals surface area contributed by atoms with Gasteiger partial charge in [0.2, 0.25) is 5.89 Å². The summed E-state index contributed by atoms with van der Waals surface area (Å²) in [5, 5.41) is 2.30. The zero-order valence-corrected chi connectivity index (χ0v) is 17.3. The molecule has 6 aromatic rings. The van der Waals surface area contributed by atoms with Gasteiger partial charge in [-0.15, -0.1) is 0 Å². The van der Waals surface area contributed by atoms with Gasteiger partial charge in [0, 0.05) is 16.8 Å². The Morgan fingerprint density at radius 3 is 2.12 bits per heavy atom. The fraction of sp³-hybridized carbons (Fsp3) is 0. The van der Waals surface area contributed by atoms with Crippen molar-refractivity contribution in [3.63, 3.8) is 0 Å². The first-order valence-corrected chi connectivity index (χ1v) is 10.6. The molecule has 152 valence electrons. The molecule has 0 saturated carbocycles. The van der Waals surface area contributed by atoms with E-state index in [-0.39, 0.29) is 0 Å². The molecular formula is C29H20N2O. The van der Waals surface area contributed by atoms with Gasteiger partial charge in [0.25, 0.3) is 0 Å². The fourth-order valence-electron chi connectivity index (χ4n) is 4.25. The Bertz CT molecular complexity index is 1530. The van der Waals surface area contributed by atoms with Crippen molar-refractivity contribution >= 4 is 27.6 Å². The molecule has 5 aromatic carbocycles. The Balaban J connectivity index is 1.42. The highest BCUT2D eigenvalue weighted by molar-refractivity contribution is 6.03. The van der Waals surface area contributed by atoms with Crippen LogP contribution in [0.3, 0.4) is 0 Å². The molecule has 0 amide bonds. The molecular weight excluding hydrogens is 392 g/mol. The molecule has 0 radical (unpaired) electrons. The molecule has 0 unspecified atom stereocenters. The van der Waals surface area contributed by atoms with Gasteiger partial charge in [0.05, 0.1) is 0 Å². The van der Waals surface area contributed by atoms with Crippen LogP contribution in [0.2, 0.25) is 0 Å². The highest BCUT2D eigenvalue weighted by atomic mass is 16.3. The number of rotatable bonds is 3. The Morgan fingerprint density at radius 2 is 1.31 bits per heavy atom. The number of nitrogen functional groups attached to an aromatic ring is 1. The Kier molecular flexibility index (Phi) is 4.25. The van der Waals surface area contributed by atoms with Crippen LogP contribution >= 0.6 is 0 Å². The first-order valence-electron chi connectivity index (χ1n) is 10.6. The average Bonchev–Trinajstić information content (AvgIpc) is 3.29. The van der Waals surface area contributed by atoms with Gasteiger partial charge in [0.15, 0.2) is 5.58 Å². The predicted molar refractivity (Wildman–Crippen MR) is 132 cm³/mol. The molecule has 2 N–H and O–H groups in total. The summed E-state index contributed by atoms with van der Waals surface area (Å²) in [4.78, 5) is 4.60. The van der Waals surface area contributed by atoms with Crippen LogP contribution < -0.4 is 5.73 Å². The van der Waals surface area contributed by atoms with Gasteiger partial charge < -0.3 is 10.2 Å². The smallest absolute Gasteiger partial charge is 0.227 e. The van der Waals surface area contributed by atoms with Crippen molar-refractivity contribution in [2.75, 3.05) is 5.73 Å². The van der Waals surface area contributed by atoms with Crippen LogP contribution in [0.4, 0.5) is 5.69 Å². The Labute approximate surface area is 185 Å². The van der Waals surface area contributed by atoms with Crippen molar-refractivity contribution in [2.45, 2.75) is 0 Å². The summed E-state index contributed by atoms with van der Waals surface area (Å²) < 4.78 is 5.91. The van der Waals surface area contributed by atoms with Crippen LogP contribution in [0.1, 0.15) is 0 Å². The summed E-state index contributed by atoms with van der Waals surface area (Å²) in [6.45, 7) is 0. The summed E-state index contributed by atoms with van der Waals surface area (Å²) in [5.74, 6) is 0.621. The van der Waals surface area contributed by atoms with Crippen LogP contribution in [-0.4, -0.2) is 4.98 Å². The minimum atomic E-state index is 0.621. The topological polar surface area (TPSA) is 52.0 Å². The molecule has 1 heterocycles. The normalized spacial score (nSPS) is 11.2. The third-order valence-corrected chi connectivity index (χ3v) is 5.87. The number of hydrogen-bond donors (Lipinski definition) is 1. The zero-order valence-electron chi connectivity index (χ0n) is 17.3. The van der Waals surface area contributed by atoms with Gasteiger partial charge in [-0.25, -0.2) is 4.98 Å². The molecule has 6 rings (SSSR count). The fourth-order valence-corrected chi connectivity index (χ4v) is 4.25. The lowest BCUT2D eigenvalue weighted by atomic mass is 9.93. The standard InChI is InChI=1S/C29H20N2O/c30-25-17-15-23-18-22(19-6-2-1-3-7-19)14-16-24(23)28(25)20-10-12-21(13-11-20)29-31-26-8-4-5-9-27(26)32-29/h1-18H,30H2. The Hall–Kier alpha value is -4.37. The van der Waals surface area contributed by atoms with Crippen molar-refractivity contribution in [2.24, 2.45) is 0 Å². The van der Waals surface area contributed by atoms with Crippen LogP contribution in [-0.2, 0) is 0 Å². The number of fused-ring (bicyclic) bond motifs is 2. The summed E-state index contributed by atoms with van der Waals surface area (Å²) in [6, 6.07) is 37.1. The number of para-hydroxylation sites is 2. The second-order valence-corrected chi connectivity index (χ2v) is 7.90. The highest BCUT2D eigenvalue weighted by Crippen LogP contribution is 2.37. The molecule has 32 heavy (non-hydrogen) atoms. The van der Waals surface area contributed by atoms with Crippen molar-refractivity contribution in [3.8, 4) is 33.7 Å². The number of nitrogens with zero attached hydrogens (tertiary/aromatic N) is 1. The summed E-state index contributed by atoms with van der Waals surface area (Å²) in [6.07, 6.45) is 0. The highest BCUT2D eigenvalue weighted by Gasteiger charge is 2.12. The number of nitrogens with two attached hydrogens (primary N) is 1. The van der Waals surface area contributed by atoms with Crippen molar-refractivity contribution < 1.29 is 4.42 Å². The first kappa shape index (κ1) is 18.4. The summed E-state index contributed by atoms with van der Waals surface area (Å²) in [7, 11) is 0. The van der Waals surface area contributed by atoms with Crippen LogP contribution in [0, 0.1) is 0 Å². The summed E-state index contributed by atoms with van der Waals surface area (Å²) >= 11 is 0. The third-order valence-electron chi connectivity index (χ3n) is 5.87. The molecule has 0 bridgehead atoms. The maximum absolute atomic E-state index is 6.44. The maximum atomic E-state index is 6.44. The van der Waals surface area contributed by atoms with Gasteiger partial charge in [-0.1, -0.05) is 72.8 Å². The lowest BCUT2D eigenvalue weighted by Gasteiger charge is -2.12. The number of oxazole rings is 1. The lowest BCUT2D eigenvalue weighted by Crippen LogP contribution is -1.92. The monoisotopic (exact) mass is 412 g/mol. The number of anilines is 1. The van der Waals surface area contributed by atoms with Gasteiger partial charge in [-0.05, 0) is 63.9 Å². The Morgan fingerprint density at radius 1 is 0.594 bits per heavy atom. The zero-order chi connectivity index (χ0) is 21.5. The van der Waals surface area contributed by atoms with E-state index in [0.29, 0.717) is 5.89 Å². The minimum Gasteiger partial charge on any atom is -0.436 e. The second-order valence-electron chi connectivity index (χ2n) is 7.90. The SMILES string of the molecule is Nc1ccc2cc(-c3ccccc3)ccc2c1-c1ccc(-c2nc3ccccc3o2)cc1.